The standard InChI is InChI=1S/C8H13N9O4/c9-14-5(18)1-2(6(19)15-10)4(8(21)17-12)13-3(1)7(20)16-11/h13H,9-12H2,(H,14,18)(H,15,19)(H,16,20)(H,17,21). The maximum Gasteiger partial charge on any atom is 0.282 e. The van der Waals surface area contributed by atoms with Crippen LogP contribution in [-0.2, 0) is 0 Å². The molecule has 13 heteroatoms. The Morgan fingerprint density at radius 1 is 0.619 bits per heavy atom. The van der Waals surface area contributed by atoms with E-state index >= 15 is 0 Å². The summed E-state index contributed by atoms with van der Waals surface area (Å²) < 4.78 is 0. The number of nitrogens with two attached hydrogens (primary N) is 4. The SMILES string of the molecule is NNC(=O)c1[nH]c(C(=O)NN)c(C(=O)NN)c1C(=O)NN. The van der Waals surface area contributed by atoms with Crippen LogP contribution >= 0.6 is 0 Å². The average Bonchev–Trinajstić information content (AvgIpc) is 2.91. The van der Waals surface area contributed by atoms with Gasteiger partial charge in [-0.3, -0.25) is 40.9 Å². The zero-order chi connectivity index (χ0) is 16.2. The van der Waals surface area contributed by atoms with Gasteiger partial charge in [0.25, 0.3) is 23.6 Å². The lowest BCUT2D eigenvalue weighted by molar-refractivity contribution is 0.0902. The third kappa shape index (κ3) is 2.79. The minimum Gasteiger partial charge on any atom is -0.345 e. The fraction of sp³-hybridized carbons (Fsp3) is 0. The molecule has 0 aliphatic rings. The quantitative estimate of drug-likeness (QED) is 0.148. The monoisotopic (exact) mass is 299 g/mol. The maximum absolute atomic E-state index is 11.8. The molecule has 0 atom stereocenters. The van der Waals surface area contributed by atoms with Crippen LogP contribution in [0.2, 0.25) is 0 Å². The fourth-order valence-corrected chi connectivity index (χ4v) is 1.58. The highest BCUT2D eigenvalue weighted by atomic mass is 16.2. The van der Waals surface area contributed by atoms with Crippen molar-refractivity contribution in [1.29, 1.82) is 0 Å². The van der Waals surface area contributed by atoms with Crippen LogP contribution in [0.5, 0.6) is 0 Å². The van der Waals surface area contributed by atoms with E-state index in [1.807, 2.05) is 0 Å². The number of H-pyrrole nitrogens is 1. The van der Waals surface area contributed by atoms with E-state index < -0.39 is 46.1 Å². The lowest BCUT2D eigenvalue weighted by Crippen LogP contribution is -2.38. The molecule has 13 N–H and O–H groups in total. The Morgan fingerprint density at radius 3 is 1.14 bits per heavy atom. The Hall–Kier alpha value is -3.00. The normalized spacial score (nSPS) is 9.71. The molecule has 21 heavy (non-hydrogen) atoms. The van der Waals surface area contributed by atoms with E-state index in [0.29, 0.717) is 0 Å². The Balaban J connectivity index is 3.71. The van der Waals surface area contributed by atoms with Gasteiger partial charge in [0.05, 0.1) is 11.1 Å². The van der Waals surface area contributed by atoms with Gasteiger partial charge in [-0.25, -0.2) is 23.4 Å². The largest absolute Gasteiger partial charge is 0.345 e. The molecule has 114 valence electrons. The third-order valence-corrected chi connectivity index (χ3v) is 2.43. The molecule has 0 fully saturated rings. The summed E-state index contributed by atoms with van der Waals surface area (Å²) in [7, 11) is 0. The topological polar surface area (TPSA) is 236 Å². The second-order valence-corrected chi connectivity index (χ2v) is 3.52. The lowest BCUT2D eigenvalue weighted by Gasteiger charge is -2.05. The summed E-state index contributed by atoms with van der Waals surface area (Å²) in [6.07, 6.45) is 0. The highest BCUT2D eigenvalue weighted by Gasteiger charge is 2.32. The molecule has 0 saturated carbocycles. The van der Waals surface area contributed by atoms with Crippen molar-refractivity contribution in [2.75, 3.05) is 0 Å². The van der Waals surface area contributed by atoms with Gasteiger partial charge in [0.1, 0.15) is 11.4 Å². The average molecular weight is 299 g/mol. The van der Waals surface area contributed by atoms with E-state index in [2.05, 4.69) is 4.98 Å². The second-order valence-electron chi connectivity index (χ2n) is 3.52. The van der Waals surface area contributed by atoms with Gasteiger partial charge in [-0.2, -0.15) is 0 Å². The number of hydrogen-bond donors (Lipinski definition) is 9. The number of amides is 4. The highest BCUT2D eigenvalue weighted by molar-refractivity contribution is 6.18. The zero-order valence-corrected chi connectivity index (χ0v) is 10.4. The minimum atomic E-state index is -1.03. The molecule has 0 saturated heterocycles. The smallest absolute Gasteiger partial charge is 0.282 e. The Morgan fingerprint density at radius 2 is 0.905 bits per heavy atom. The van der Waals surface area contributed by atoms with Crippen LogP contribution in [0.1, 0.15) is 41.7 Å². The van der Waals surface area contributed by atoms with Crippen LogP contribution in [-0.4, -0.2) is 28.6 Å². The molecule has 0 bridgehead atoms. The number of hydrogen-bond acceptors (Lipinski definition) is 8. The number of carbonyl (C=O) groups excluding carboxylic acids is 4. The molecule has 1 aromatic heterocycles. The van der Waals surface area contributed by atoms with Crippen molar-refractivity contribution in [2.24, 2.45) is 23.4 Å². The first-order valence-corrected chi connectivity index (χ1v) is 5.22. The number of nitrogens with one attached hydrogen (secondary N) is 5. The predicted octanol–water partition coefficient (Wildman–Crippen LogP) is -4.57. The van der Waals surface area contributed by atoms with Crippen molar-refractivity contribution in [1.82, 2.24) is 26.7 Å². The number of rotatable bonds is 4. The van der Waals surface area contributed by atoms with Crippen molar-refractivity contribution in [3.63, 3.8) is 0 Å². The van der Waals surface area contributed by atoms with Crippen LogP contribution in [0.3, 0.4) is 0 Å². The summed E-state index contributed by atoms with van der Waals surface area (Å²) in [5, 5.41) is 0. The molecule has 13 nitrogen and oxygen atoms in total. The molecular formula is C8H13N9O4. The van der Waals surface area contributed by atoms with Crippen molar-refractivity contribution < 1.29 is 19.2 Å². The summed E-state index contributed by atoms with van der Waals surface area (Å²) >= 11 is 0. The van der Waals surface area contributed by atoms with Gasteiger partial charge in [0.15, 0.2) is 0 Å². The third-order valence-electron chi connectivity index (χ3n) is 2.43. The molecule has 4 amide bonds. The van der Waals surface area contributed by atoms with Crippen LogP contribution < -0.4 is 45.1 Å². The zero-order valence-electron chi connectivity index (χ0n) is 10.4. The molecule has 0 unspecified atom stereocenters. The first kappa shape index (κ1) is 16.1. The molecule has 0 aliphatic heterocycles. The molecule has 1 aromatic rings. The number of aromatic amines is 1. The van der Waals surface area contributed by atoms with E-state index in [-0.39, 0.29) is 0 Å². The second kappa shape index (κ2) is 6.44. The van der Waals surface area contributed by atoms with Crippen molar-refractivity contribution >= 4 is 23.6 Å². The van der Waals surface area contributed by atoms with E-state index in [9.17, 15) is 19.2 Å². The van der Waals surface area contributed by atoms with Gasteiger partial charge < -0.3 is 4.98 Å². The molecule has 0 aromatic carbocycles. The van der Waals surface area contributed by atoms with E-state index in [1.54, 1.807) is 21.7 Å². The maximum atomic E-state index is 11.8. The number of hydrazine groups is 4. The summed E-state index contributed by atoms with van der Waals surface area (Å²) in [6, 6.07) is 0. The van der Waals surface area contributed by atoms with Gasteiger partial charge in [0.2, 0.25) is 0 Å². The van der Waals surface area contributed by atoms with E-state index in [4.69, 9.17) is 23.4 Å². The van der Waals surface area contributed by atoms with Crippen LogP contribution in [0.4, 0.5) is 0 Å². The fourth-order valence-electron chi connectivity index (χ4n) is 1.58. The van der Waals surface area contributed by atoms with Crippen molar-refractivity contribution in [3.05, 3.63) is 22.5 Å². The summed E-state index contributed by atoms with van der Waals surface area (Å²) in [6.45, 7) is 0. The van der Waals surface area contributed by atoms with E-state index in [1.165, 1.54) is 0 Å². The first-order valence-electron chi connectivity index (χ1n) is 5.22. The first-order chi connectivity index (χ1) is 9.92. The van der Waals surface area contributed by atoms with Gasteiger partial charge in [-0.1, -0.05) is 0 Å². The van der Waals surface area contributed by atoms with Crippen LogP contribution in [0.15, 0.2) is 0 Å². The molecule has 0 radical (unpaired) electrons. The molecule has 0 aliphatic carbocycles. The molecule has 0 spiro atoms. The Bertz CT molecular complexity index is 557. The summed E-state index contributed by atoms with van der Waals surface area (Å²) in [4.78, 5) is 49.0. The number of aromatic nitrogens is 1. The Labute approximate surface area is 116 Å². The van der Waals surface area contributed by atoms with Crippen LogP contribution in [0, 0.1) is 0 Å². The molecule has 1 heterocycles. The molecule has 1 rings (SSSR count). The molecular weight excluding hydrogens is 286 g/mol. The van der Waals surface area contributed by atoms with Crippen molar-refractivity contribution in [3.8, 4) is 0 Å². The number of nitrogen functional groups attached to an aromatic ring is 4. The van der Waals surface area contributed by atoms with E-state index in [0.717, 1.165) is 0 Å². The van der Waals surface area contributed by atoms with Gasteiger partial charge in [0, 0.05) is 0 Å². The van der Waals surface area contributed by atoms with Crippen molar-refractivity contribution in [2.45, 2.75) is 0 Å². The van der Waals surface area contributed by atoms with Gasteiger partial charge in [-0.15, -0.1) is 0 Å². The summed E-state index contributed by atoms with van der Waals surface area (Å²) in [5.41, 5.74) is 4.93. The minimum absolute atomic E-state index is 0.474. The van der Waals surface area contributed by atoms with Gasteiger partial charge >= 0.3 is 0 Å². The Kier molecular flexibility index (Phi) is 4.92. The summed E-state index contributed by atoms with van der Waals surface area (Å²) in [5.74, 6) is 15.9. The lowest BCUT2D eigenvalue weighted by atomic mass is 10.1. The number of carbonyl (C=O) groups is 4. The predicted molar refractivity (Wildman–Crippen MR) is 67.4 cm³/mol. The van der Waals surface area contributed by atoms with Gasteiger partial charge in [-0.05, 0) is 0 Å². The van der Waals surface area contributed by atoms with Crippen LogP contribution in [0.25, 0.3) is 0 Å². The highest BCUT2D eigenvalue weighted by Crippen LogP contribution is 2.19.